The summed E-state index contributed by atoms with van der Waals surface area (Å²) < 4.78 is 1.92. The SMILES string of the molecule is O=C1CN(C(=O)c2nn(CCCc3ccccc3)c3c2CN(C(=O)C#Cc2ccccc2)CC3)CCN1. The van der Waals surface area contributed by atoms with E-state index in [0.717, 1.165) is 29.7 Å². The van der Waals surface area contributed by atoms with E-state index in [9.17, 15) is 14.4 Å². The zero-order valence-electron chi connectivity index (χ0n) is 20.7. The Morgan fingerprint density at radius 2 is 1.70 bits per heavy atom. The Hall–Kier alpha value is -4.38. The summed E-state index contributed by atoms with van der Waals surface area (Å²) in [6, 6.07) is 19.7. The Kier molecular flexibility index (Phi) is 7.31. The minimum absolute atomic E-state index is 0.0136. The molecule has 3 aromatic rings. The highest BCUT2D eigenvalue weighted by atomic mass is 16.2. The van der Waals surface area contributed by atoms with E-state index in [1.54, 1.807) is 4.90 Å². The molecule has 3 heterocycles. The summed E-state index contributed by atoms with van der Waals surface area (Å²) in [5.41, 5.74) is 4.11. The van der Waals surface area contributed by atoms with Crippen molar-refractivity contribution in [1.82, 2.24) is 24.9 Å². The molecule has 188 valence electrons. The number of nitrogens with one attached hydrogen (secondary N) is 1. The van der Waals surface area contributed by atoms with Gasteiger partial charge in [-0.1, -0.05) is 54.5 Å². The Balaban J connectivity index is 1.37. The Morgan fingerprint density at radius 3 is 2.46 bits per heavy atom. The Labute approximate surface area is 216 Å². The third-order valence-electron chi connectivity index (χ3n) is 6.72. The molecule has 1 aromatic heterocycles. The van der Waals surface area contributed by atoms with E-state index in [2.05, 4.69) is 29.3 Å². The van der Waals surface area contributed by atoms with Gasteiger partial charge in [-0.15, -0.1) is 0 Å². The van der Waals surface area contributed by atoms with Crippen LogP contribution in [0.25, 0.3) is 0 Å². The molecule has 1 saturated heterocycles. The third kappa shape index (κ3) is 5.72. The third-order valence-corrected chi connectivity index (χ3v) is 6.72. The number of hydrogen-bond donors (Lipinski definition) is 1. The molecular formula is C29H29N5O3. The van der Waals surface area contributed by atoms with Gasteiger partial charge in [0.1, 0.15) is 0 Å². The molecule has 8 heteroatoms. The lowest BCUT2D eigenvalue weighted by Gasteiger charge is -2.28. The van der Waals surface area contributed by atoms with Crippen molar-refractivity contribution >= 4 is 17.7 Å². The normalized spacial score (nSPS) is 14.9. The number of nitrogens with zero attached hydrogens (tertiary/aromatic N) is 4. The second kappa shape index (κ2) is 11.1. The van der Waals surface area contributed by atoms with Crippen LogP contribution in [0.15, 0.2) is 60.7 Å². The van der Waals surface area contributed by atoms with Crippen LogP contribution in [-0.2, 0) is 35.5 Å². The van der Waals surface area contributed by atoms with Crippen LogP contribution in [0.2, 0.25) is 0 Å². The van der Waals surface area contributed by atoms with Crippen molar-refractivity contribution in [2.75, 3.05) is 26.2 Å². The van der Waals surface area contributed by atoms with E-state index in [0.29, 0.717) is 38.3 Å². The van der Waals surface area contributed by atoms with Crippen molar-refractivity contribution in [2.24, 2.45) is 0 Å². The molecule has 1 N–H and O–H groups in total. The standard InChI is InChI=1S/C29H29N5O3/c35-26-21-33(19-16-30-26)29(37)28-24-20-32(27(36)14-13-23-10-5-2-6-11-23)18-15-25(24)34(31-28)17-7-12-22-8-3-1-4-9-22/h1-6,8-11H,7,12,15-21H2,(H,30,35). The van der Waals surface area contributed by atoms with Crippen molar-refractivity contribution in [1.29, 1.82) is 0 Å². The minimum Gasteiger partial charge on any atom is -0.353 e. The van der Waals surface area contributed by atoms with Gasteiger partial charge in [-0.2, -0.15) is 5.10 Å². The van der Waals surface area contributed by atoms with E-state index < -0.39 is 0 Å². The summed E-state index contributed by atoms with van der Waals surface area (Å²) in [4.78, 5) is 41.5. The van der Waals surface area contributed by atoms with E-state index in [-0.39, 0.29) is 30.8 Å². The lowest BCUT2D eigenvalue weighted by molar-refractivity contribution is -0.126. The lowest BCUT2D eigenvalue weighted by atomic mass is 10.0. The maximum absolute atomic E-state index is 13.5. The minimum atomic E-state index is -0.276. The average Bonchev–Trinajstić information content (AvgIpc) is 3.30. The molecule has 0 unspecified atom stereocenters. The summed E-state index contributed by atoms with van der Waals surface area (Å²) >= 11 is 0. The van der Waals surface area contributed by atoms with Gasteiger partial charge < -0.3 is 15.1 Å². The zero-order chi connectivity index (χ0) is 25.6. The summed E-state index contributed by atoms with van der Waals surface area (Å²) in [5.74, 6) is 4.95. The number of carbonyl (C=O) groups is 3. The van der Waals surface area contributed by atoms with Crippen molar-refractivity contribution in [3.05, 3.63) is 88.7 Å². The number of amides is 3. The van der Waals surface area contributed by atoms with Crippen LogP contribution >= 0.6 is 0 Å². The fourth-order valence-corrected chi connectivity index (χ4v) is 4.79. The average molecular weight is 496 g/mol. The first-order chi connectivity index (χ1) is 18.1. The van der Waals surface area contributed by atoms with Crippen LogP contribution in [-0.4, -0.2) is 63.5 Å². The zero-order valence-corrected chi connectivity index (χ0v) is 20.7. The van der Waals surface area contributed by atoms with Crippen LogP contribution in [0.3, 0.4) is 0 Å². The van der Waals surface area contributed by atoms with E-state index in [4.69, 9.17) is 5.10 Å². The predicted molar refractivity (Wildman–Crippen MR) is 138 cm³/mol. The van der Waals surface area contributed by atoms with Crippen LogP contribution in [0.1, 0.15) is 39.3 Å². The monoisotopic (exact) mass is 495 g/mol. The number of aromatic nitrogens is 2. The molecule has 2 aliphatic rings. The quantitative estimate of drug-likeness (QED) is 0.549. The summed E-state index contributed by atoms with van der Waals surface area (Å²) in [5, 5.41) is 7.48. The number of benzene rings is 2. The molecule has 5 rings (SSSR count). The van der Waals surface area contributed by atoms with Crippen LogP contribution < -0.4 is 5.32 Å². The molecule has 0 bridgehead atoms. The fourth-order valence-electron chi connectivity index (χ4n) is 4.79. The first kappa shape index (κ1) is 24.3. The second-order valence-electron chi connectivity index (χ2n) is 9.26. The number of rotatable bonds is 5. The number of aryl methyl sites for hydroxylation is 2. The summed E-state index contributed by atoms with van der Waals surface area (Å²) in [6.07, 6.45) is 2.38. The van der Waals surface area contributed by atoms with Crippen LogP contribution in [0, 0.1) is 11.8 Å². The largest absolute Gasteiger partial charge is 0.353 e. The van der Waals surface area contributed by atoms with E-state index in [1.165, 1.54) is 10.5 Å². The Morgan fingerprint density at radius 1 is 0.946 bits per heavy atom. The first-order valence-corrected chi connectivity index (χ1v) is 12.6. The topological polar surface area (TPSA) is 87.5 Å². The first-order valence-electron chi connectivity index (χ1n) is 12.6. The number of hydrogen-bond acceptors (Lipinski definition) is 4. The molecule has 0 radical (unpaired) electrons. The molecule has 37 heavy (non-hydrogen) atoms. The van der Waals surface area contributed by atoms with Gasteiger partial charge in [0.2, 0.25) is 5.91 Å². The van der Waals surface area contributed by atoms with Gasteiger partial charge in [-0.25, -0.2) is 0 Å². The summed E-state index contributed by atoms with van der Waals surface area (Å²) in [6.45, 7) is 2.33. The van der Waals surface area contributed by atoms with Crippen LogP contribution in [0.5, 0.6) is 0 Å². The maximum Gasteiger partial charge on any atom is 0.299 e. The highest BCUT2D eigenvalue weighted by Gasteiger charge is 2.33. The van der Waals surface area contributed by atoms with E-state index >= 15 is 0 Å². The summed E-state index contributed by atoms with van der Waals surface area (Å²) in [7, 11) is 0. The van der Waals surface area contributed by atoms with Gasteiger partial charge in [-0.3, -0.25) is 19.1 Å². The van der Waals surface area contributed by atoms with Gasteiger partial charge in [0.05, 0.1) is 13.1 Å². The van der Waals surface area contributed by atoms with Gasteiger partial charge in [0.15, 0.2) is 5.69 Å². The number of piperazine rings is 1. The fraction of sp³-hybridized carbons (Fsp3) is 0.310. The lowest BCUT2D eigenvalue weighted by Crippen LogP contribution is -2.50. The number of carbonyl (C=O) groups excluding carboxylic acids is 3. The van der Waals surface area contributed by atoms with E-state index in [1.807, 2.05) is 53.2 Å². The molecule has 2 aromatic carbocycles. The van der Waals surface area contributed by atoms with Crippen molar-refractivity contribution < 1.29 is 14.4 Å². The Bertz CT molecular complexity index is 1350. The van der Waals surface area contributed by atoms with Crippen molar-refractivity contribution in [2.45, 2.75) is 32.4 Å². The number of fused-ring (bicyclic) bond motifs is 1. The predicted octanol–water partition coefficient (Wildman–Crippen LogP) is 2.02. The van der Waals surface area contributed by atoms with Gasteiger partial charge in [0.25, 0.3) is 11.8 Å². The maximum atomic E-state index is 13.5. The second-order valence-corrected chi connectivity index (χ2v) is 9.26. The molecule has 1 fully saturated rings. The molecule has 0 aliphatic carbocycles. The van der Waals surface area contributed by atoms with Crippen LogP contribution in [0.4, 0.5) is 0 Å². The molecule has 0 spiro atoms. The molecule has 8 nitrogen and oxygen atoms in total. The molecule has 0 saturated carbocycles. The van der Waals surface area contributed by atoms with Gasteiger partial charge in [-0.05, 0) is 30.5 Å². The van der Waals surface area contributed by atoms with Gasteiger partial charge in [0, 0.05) is 55.3 Å². The molecular weight excluding hydrogens is 466 g/mol. The molecule has 0 atom stereocenters. The molecule has 3 amide bonds. The highest BCUT2D eigenvalue weighted by Crippen LogP contribution is 2.25. The van der Waals surface area contributed by atoms with Crippen molar-refractivity contribution in [3.63, 3.8) is 0 Å². The van der Waals surface area contributed by atoms with Gasteiger partial charge >= 0.3 is 0 Å². The van der Waals surface area contributed by atoms with Crippen molar-refractivity contribution in [3.8, 4) is 11.8 Å². The highest BCUT2D eigenvalue weighted by molar-refractivity contribution is 5.98. The smallest absolute Gasteiger partial charge is 0.299 e. The molecule has 2 aliphatic heterocycles.